The molecule has 1 N–H and O–H groups in total. The molecule has 1 aliphatic carbocycles. The van der Waals surface area contributed by atoms with E-state index in [1.165, 1.54) is 12.8 Å². The summed E-state index contributed by atoms with van der Waals surface area (Å²) < 4.78 is 5.25. The first-order valence-corrected chi connectivity index (χ1v) is 10.4. The molecule has 2 amide bonds. The maximum Gasteiger partial charge on any atom is 0.253 e. The monoisotopic (exact) mass is 412 g/mol. The van der Waals surface area contributed by atoms with Gasteiger partial charge < -0.3 is 15.0 Å². The van der Waals surface area contributed by atoms with Gasteiger partial charge in [-0.1, -0.05) is 23.7 Å². The third-order valence-corrected chi connectivity index (χ3v) is 6.09. The van der Waals surface area contributed by atoms with E-state index in [1.54, 1.807) is 36.3 Å². The number of likely N-dealkylation sites (tertiary alicyclic amines) is 1. The van der Waals surface area contributed by atoms with E-state index < -0.39 is 0 Å². The Balaban J connectivity index is 1.54. The molecule has 2 fully saturated rings. The SMILES string of the molecule is COc1ccc(C2CN(C(=O)c3ccc(Cl)cc3)CC2C(=O)NCC2CC2)cc1. The van der Waals surface area contributed by atoms with E-state index in [0.717, 1.165) is 17.9 Å². The number of rotatable bonds is 6. The predicted octanol–water partition coefficient (Wildman–Crippen LogP) is 3.73. The summed E-state index contributed by atoms with van der Waals surface area (Å²) in [5.74, 6) is 1.04. The molecule has 2 atom stereocenters. The van der Waals surface area contributed by atoms with Gasteiger partial charge in [0.05, 0.1) is 13.0 Å². The van der Waals surface area contributed by atoms with Gasteiger partial charge in [-0.2, -0.15) is 0 Å². The number of benzene rings is 2. The number of hydrogen-bond donors (Lipinski definition) is 1. The van der Waals surface area contributed by atoms with E-state index >= 15 is 0 Å². The van der Waals surface area contributed by atoms with Gasteiger partial charge in [-0.15, -0.1) is 0 Å². The molecule has 0 spiro atoms. The van der Waals surface area contributed by atoms with Crippen molar-refractivity contribution in [3.05, 3.63) is 64.7 Å². The van der Waals surface area contributed by atoms with Crippen LogP contribution in [-0.2, 0) is 4.79 Å². The van der Waals surface area contributed by atoms with Gasteiger partial charge in [0.25, 0.3) is 5.91 Å². The maximum atomic E-state index is 13.0. The second-order valence-electron chi connectivity index (χ2n) is 7.89. The third-order valence-electron chi connectivity index (χ3n) is 5.84. The predicted molar refractivity (Wildman–Crippen MR) is 112 cm³/mol. The van der Waals surface area contributed by atoms with Crippen LogP contribution in [0.1, 0.15) is 34.7 Å². The molecule has 1 saturated heterocycles. The van der Waals surface area contributed by atoms with Crippen molar-refractivity contribution in [1.29, 1.82) is 0 Å². The fourth-order valence-electron chi connectivity index (χ4n) is 3.90. The van der Waals surface area contributed by atoms with Crippen LogP contribution >= 0.6 is 11.6 Å². The second-order valence-corrected chi connectivity index (χ2v) is 8.33. The van der Waals surface area contributed by atoms with Gasteiger partial charge in [0, 0.05) is 36.1 Å². The summed E-state index contributed by atoms with van der Waals surface area (Å²) in [5, 5.41) is 3.69. The van der Waals surface area contributed by atoms with E-state index in [9.17, 15) is 9.59 Å². The molecule has 6 heteroatoms. The number of ether oxygens (including phenoxy) is 1. The average Bonchev–Trinajstić information content (AvgIpc) is 3.48. The Morgan fingerprint density at radius 2 is 1.76 bits per heavy atom. The average molecular weight is 413 g/mol. The van der Waals surface area contributed by atoms with Crippen LogP contribution in [0.4, 0.5) is 0 Å². The van der Waals surface area contributed by atoms with Crippen LogP contribution < -0.4 is 10.1 Å². The summed E-state index contributed by atoms with van der Waals surface area (Å²) in [6.45, 7) is 1.65. The molecule has 4 rings (SSSR count). The summed E-state index contributed by atoms with van der Waals surface area (Å²) in [7, 11) is 1.63. The Hall–Kier alpha value is -2.53. The number of halogens is 1. The minimum Gasteiger partial charge on any atom is -0.497 e. The molecule has 1 saturated carbocycles. The Morgan fingerprint density at radius 1 is 1.07 bits per heavy atom. The van der Waals surface area contributed by atoms with Crippen LogP contribution in [0.5, 0.6) is 5.75 Å². The molecule has 0 radical (unpaired) electrons. The van der Waals surface area contributed by atoms with Crippen molar-refractivity contribution in [2.75, 3.05) is 26.7 Å². The number of carbonyl (C=O) groups is 2. The lowest BCUT2D eigenvalue weighted by atomic mass is 9.88. The van der Waals surface area contributed by atoms with Crippen molar-refractivity contribution >= 4 is 23.4 Å². The molecule has 0 aromatic heterocycles. The number of amides is 2. The van der Waals surface area contributed by atoms with Crippen molar-refractivity contribution < 1.29 is 14.3 Å². The van der Waals surface area contributed by atoms with E-state index in [2.05, 4.69) is 5.32 Å². The molecule has 0 bridgehead atoms. The summed E-state index contributed by atoms with van der Waals surface area (Å²) >= 11 is 5.95. The zero-order chi connectivity index (χ0) is 20.4. The maximum absolute atomic E-state index is 13.0. The molecule has 2 aliphatic rings. The van der Waals surface area contributed by atoms with Gasteiger partial charge in [0.1, 0.15) is 5.75 Å². The molecular weight excluding hydrogens is 388 g/mol. The van der Waals surface area contributed by atoms with Crippen LogP contribution in [0.2, 0.25) is 5.02 Å². The fraction of sp³-hybridized carbons (Fsp3) is 0.391. The lowest BCUT2D eigenvalue weighted by molar-refractivity contribution is -0.125. The van der Waals surface area contributed by atoms with Crippen LogP contribution in [0.15, 0.2) is 48.5 Å². The number of carbonyl (C=O) groups excluding carboxylic acids is 2. The standard InChI is InChI=1S/C23H25ClN2O3/c1-29-19-10-6-16(7-11-19)20-13-26(23(28)17-4-8-18(24)9-5-17)14-21(20)22(27)25-12-15-2-3-15/h4-11,15,20-21H,2-3,12-14H2,1H3,(H,25,27). The molecule has 5 nitrogen and oxygen atoms in total. The van der Waals surface area contributed by atoms with Gasteiger partial charge in [0.2, 0.25) is 5.91 Å². The summed E-state index contributed by atoms with van der Waals surface area (Å²) in [6, 6.07) is 14.7. The number of methoxy groups -OCH3 is 1. The molecular formula is C23H25ClN2O3. The van der Waals surface area contributed by atoms with Crippen molar-refractivity contribution in [2.45, 2.75) is 18.8 Å². The van der Waals surface area contributed by atoms with Crippen LogP contribution in [0, 0.1) is 11.8 Å². The van der Waals surface area contributed by atoms with Crippen molar-refractivity contribution in [2.24, 2.45) is 11.8 Å². The smallest absolute Gasteiger partial charge is 0.253 e. The minimum atomic E-state index is -0.265. The summed E-state index contributed by atoms with van der Waals surface area (Å²) in [6.07, 6.45) is 2.38. The topological polar surface area (TPSA) is 58.6 Å². The summed E-state index contributed by atoms with van der Waals surface area (Å²) in [5.41, 5.74) is 1.63. The Bertz CT molecular complexity index is 878. The van der Waals surface area contributed by atoms with E-state index in [0.29, 0.717) is 29.6 Å². The zero-order valence-corrected chi connectivity index (χ0v) is 17.2. The first kappa shape index (κ1) is 19.8. The van der Waals surface area contributed by atoms with Gasteiger partial charge in [-0.3, -0.25) is 9.59 Å². The molecule has 1 aliphatic heterocycles. The van der Waals surface area contributed by atoms with Gasteiger partial charge in [-0.05, 0) is 60.7 Å². The lowest BCUT2D eigenvalue weighted by Crippen LogP contribution is -2.36. The van der Waals surface area contributed by atoms with Crippen LogP contribution in [0.3, 0.4) is 0 Å². The van der Waals surface area contributed by atoms with Gasteiger partial charge in [-0.25, -0.2) is 0 Å². The normalized spacial score (nSPS) is 21.1. The number of nitrogens with zero attached hydrogens (tertiary/aromatic N) is 1. The Labute approximate surface area is 176 Å². The molecule has 152 valence electrons. The fourth-order valence-corrected chi connectivity index (χ4v) is 4.02. The Kier molecular flexibility index (Phi) is 5.76. The second kappa shape index (κ2) is 8.46. The number of nitrogens with one attached hydrogen (secondary N) is 1. The summed E-state index contributed by atoms with van der Waals surface area (Å²) in [4.78, 5) is 27.7. The highest BCUT2D eigenvalue weighted by atomic mass is 35.5. The van der Waals surface area contributed by atoms with Crippen LogP contribution in [-0.4, -0.2) is 43.5 Å². The third kappa shape index (κ3) is 4.56. The first-order valence-electron chi connectivity index (χ1n) is 10.0. The lowest BCUT2D eigenvalue weighted by Gasteiger charge is -2.18. The molecule has 2 aromatic carbocycles. The minimum absolute atomic E-state index is 0.0316. The van der Waals surface area contributed by atoms with E-state index in [4.69, 9.17) is 16.3 Å². The first-order chi connectivity index (χ1) is 14.0. The molecule has 1 heterocycles. The van der Waals surface area contributed by atoms with Crippen molar-refractivity contribution in [1.82, 2.24) is 10.2 Å². The Morgan fingerprint density at radius 3 is 2.38 bits per heavy atom. The van der Waals surface area contributed by atoms with E-state index in [-0.39, 0.29) is 23.7 Å². The molecule has 2 unspecified atom stereocenters. The molecule has 29 heavy (non-hydrogen) atoms. The number of hydrogen-bond acceptors (Lipinski definition) is 3. The highest BCUT2D eigenvalue weighted by Crippen LogP contribution is 2.35. The van der Waals surface area contributed by atoms with Crippen LogP contribution in [0.25, 0.3) is 0 Å². The van der Waals surface area contributed by atoms with Crippen molar-refractivity contribution in [3.8, 4) is 5.75 Å². The van der Waals surface area contributed by atoms with Crippen molar-refractivity contribution in [3.63, 3.8) is 0 Å². The highest BCUT2D eigenvalue weighted by molar-refractivity contribution is 6.30. The van der Waals surface area contributed by atoms with E-state index in [1.807, 2.05) is 24.3 Å². The zero-order valence-electron chi connectivity index (χ0n) is 16.4. The molecule has 2 aromatic rings. The largest absolute Gasteiger partial charge is 0.497 e. The van der Waals surface area contributed by atoms with Gasteiger partial charge >= 0.3 is 0 Å². The highest BCUT2D eigenvalue weighted by Gasteiger charge is 2.41. The quantitative estimate of drug-likeness (QED) is 0.786. The van der Waals surface area contributed by atoms with Gasteiger partial charge in [0.15, 0.2) is 0 Å².